The molecule has 0 aliphatic heterocycles. The van der Waals surface area contributed by atoms with Gasteiger partial charge in [0, 0.05) is 6.42 Å². The van der Waals surface area contributed by atoms with E-state index in [1.54, 1.807) is 0 Å². The Kier molecular flexibility index (Phi) is 3.06. The molecule has 0 radical (unpaired) electrons. The molecule has 0 saturated heterocycles. The topological polar surface area (TPSA) is 43.1 Å². The molecule has 0 aromatic rings. The molecule has 0 amide bonds. The average Bonchev–Trinajstić information content (AvgIpc) is 2.81. The maximum Gasteiger partial charge on any atom is 0.149 e. The van der Waals surface area contributed by atoms with E-state index in [1.807, 2.05) is 6.92 Å². The monoisotopic (exact) mass is 155 g/mol. The molecule has 0 spiro atoms. The summed E-state index contributed by atoms with van der Waals surface area (Å²) in [6, 6.07) is -0.200. The first-order valence-electron chi connectivity index (χ1n) is 4.52. The van der Waals surface area contributed by atoms with Gasteiger partial charge in [-0.25, -0.2) is 0 Å². The highest BCUT2D eigenvalue weighted by Crippen LogP contribution is 2.33. The van der Waals surface area contributed by atoms with Gasteiger partial charge in [-0.3, -0.25) is 4.79 Å². The fraction of sp³-hybridized carbons (Fsp3) is 0.889. The normalized spacial score (nSPS) is 19.8. The maximum atomic E-state index is 11.2. The molecule has 0 aromatic carbocycles. The summed E-state index contributed by atoms with van der Waals surface area (Å²) in [5.74, 6) is 1.10. The Morgan fingerprint density at radius 1 is 1.64 bits per heavy atom. The van der Waals surface area contributed by atoms with E-state index in [0.29, 0.717) is 6.42 Å². The highest BCUT2D eigenvalue weighted by Gasteiger charge is 2.22. The minimum Gasteiger partial charge on any atom is -0.322 e. The molecule has 2 nitrogen and oxygen atoms in total. The Morgan fingerprint density at radius 3 is 2.73 bits per heavy atom. The van der Waals surface area contributed by atoms with Gasteiger partial charge < -0.3 is 5.73 Å². The zero-order valence-corrected chi connectivity index (χ0v) is 7.18. The lowest BCUT2D eigenvalue weighted by Gasteiger charge is -2.05. The Labute approximate surface area is 68.2 Å². The zero-order chi connectivity index (χ0) is 8.27. The fourth-order valence-corrected chi connectivity index (χ4v) is 1.17. The average molecular weight is 155 g/mol. The van der Waals surface area contributed by atoms with Crippen molar-refractivity contribution in [3.05, 3.63) is 0 Å². The first-order chi connectivity index (χ1) is 5.24. The van der Waals surface area contributed by atoms with Gasteiger partial charge in [-0.05, 0) is 18.8 Å². The molecule has 11 heavy (non-hydrogen) atoms. The van der Waals surface area contributed by atoms with E-state index >= 15 is 0 Å². The summed E-state index contributed by atoms with van der Waals surface area (Å²) in [6.07, 6.45) is 5.22. The molecule has 1 aliphatic carbocycles. The first-order valence-corrected chi connectivity index (χ1v) is 4.52. The van der Waals surface area contributed by atoms with Crippen molar-refractivity contribution in [2.24, 2.45) is 11.7 Å². The number of nitrogens with two attached hydrogens (primary N) is 1. The lowest BCUT2D eigenvalue weighted by molar-refractivity contribution is -0.120. The van der Waals surface area contributed by atoms with E-state index in [4.69, 9.17) is 5.73 Å². The molecule has 0 aromatic heterocycles. The third-order valence-electron chi connectivity index (χ3n) is 2.35. The molecule has 0 unspecified atom stereocenters. The summed E-state index contributed by atoms with van der Waals surface area (Å²) in [4.78, 5) is 11.2. The van der Waals surface area contributed by atoms with Gasteiger partial charge in [0.1, 0.15) is 5.78 Å². The summed E-state index contributed by atoms with van der Waals surface area (Å²) < 4.78 is 0. The van der Waals surface area contributed by atoms with E-state index < -0.39 is 0 Å². The Morgan fingerprint density at radius 2 is 2.27 bits per heavy atom. The van der Waals surface area contributed by atoms with Crippen LogP contribution in [0.1, 0.15) is 39.0 Å². The SMILES string of the molecule is CC[C@@H](N)C(=O)CCC1CC1. The van der Waals surface area contributed by atoms with Crippen LogP contribution < -0.4 is 5.73 Å². The molecule has 1 saturated carbocycles. The smallest absolute Gasteiger partial charge is 0.149 e. The van der Waals surface area contributed by atoms with Crippen LogP contribution in [0.3, 0.4) is 0 Å². The molecule has 2 heteroatoms. The van der Waals surface area contributed by atoms with E-state index in [1.165, 1.54) is 12.8 Å². The highest BCUT2D eigenvalue weighted by atomic mass is 16.1. The fourth-order valence-electron chi connectivity index (χ4n) is 1.17. The zero-order valence-electron chi connectivity index (χ0n) is 7.18. The van der Waals surface area contributed by atoms with E-state index in [0.717, 1.165) is 18.8 Å². The Bertz CT molecular complexity index is 140. The van der Waals surface area contributed by atoms with Crippen molar-refractivity contribution in [3.63, 3.8) is 0 Å². The van der Waals surface area contributed by atoms with Crippen molar-refractivity contribution in [3.8, 4) is 0 Å². The second-order valence-corrected chi connectivity index (χ2v) is 3.46. The number of ketones is 1. The lowest BCUT2D eigenvalue weighted by atomic mass is 10.1. The Hall–Kier alpha value is -0.370. The quantitative estimate of drug-likeness (QED) is 0.653. The van der Waals surface area contributed by atoms with Crippen molar-refractivity contribution in [2.45, 2.75) is 45.1 Å². The van der Waals surface area contributed by atoms with Gasteiger partial charge in [0.25, 0.3) is 0 Å². The molecule has 1 rings (SSSR count). The number of carbonyl (C=O) groups excluding carboxylic acids is 1. The number of Topliss-reactive ketones (excluding diaryl/α,β-unsaturated/α-hetero) is 1. The molecule has 0 bridgehead atoms. The second-order valence-electron chi connectivity index (χ2n) is 3.46. The Balaban J connectivity index is 2.08. The van der Waals surface area contributed by atoms with Crippen LogP contribution in [0, 0.1) is 5.92 Å². The first kappa shape index (κ1) is 8.72. The van der Waals surface area contributed by atoms with Crippen molar-refractivity contribution in [1.82, 2.24) is 0 Å². The molecule has 0 heterocycles. The molecular formula is C9H17NO. The highest BCUT2D eigenvalue weighted by molar-refractivity contribution is 5.83. The summed E-state index contributed by atoms with van der Waals surface area (Å²) in [5.41, 5.74) is 5.57. The van der Waals surface area contributed by atoms with E-state index in [-0.39, 0.29) is 11.8 Å². The minimum atomic E-state index is -0.200. The van der Waals surface area contributed by atoms with Gasteiger partial charge in [0.15, 0.2) is 0 Å². The van der Waals surface area contributed by atoms with Gasteiger partial charge in [-0.2, -0.15) is 0 Å². The van der Waals surface area contributed by atoms with Crippen LogP contribution in [-0.4, -0.2) is 11.8 Å². The summed E-state index contributed by atoms with van der Waals surface area (Å²) >= 11 is 0. The van der Waals surface area contributed by atoms with Crippen molar-refractivity contribution in [1.29, 1.82) is 0 Å². The van der Waals surface area contributed by atoms with Gasteiger partial charge in [0.05, 0.1) is 6.04 Å². The molecule has 64 valence electrons. The van der Waals surface area contributed by atoms with Crippen molar-refractivity contribution < 1.29 is 4.79 Å². The summed E-state index contributed by atoms with van der Waals surface area (Å²) in [5, 5.41) is 0. The van der Waals surface area contributed by atoms with Crippen LogP contribution in [0.5, 0.6) is 0 Å². The standard InChI is InChI=1S/C9H17NO/c1-2-8(10)9(11)6-5-7-3-4-7/h7-8H,2-6,10H2,1H3/t8-/m1/s1. The van der Waals surface area contributed by atoms with E-state index in [9.17, 15) is 4.79 Å². The molecule has 2 N–H and O–H groups in total. The van der Waals surface area contributed by atoms with Crippen molar-refractivity contribution in [2.75, 3.05) is 0 Å². The summed E-state index contributed by atoms with van der Waals surface area (Å²) in [6.45, 7) is 1.96. The number of carbonyl (C=O) groups is 1. The van der Waals surface area contributed by atoms with Crippen LogP contribution in [0.15, 0.2) is 0 Å². The van der Waals surface area contributed by atoms with Gasteiger partial charge in [-0.15, -0.1) is 0 Å². The predicted molar refractivity (Wildman–Crippen MR) is 45.2 cm³/mol. The molecular weight excluding hydrogens is 138 g/mol. The third kappa shape index (κ3) is 3.02. The second kappa shape index (κ2) is 3.86. The van der Waals surface area contributed by atoms with Gasteiger partial charge in [0.2, 0.25) is 0 Å². The minimum absolute atomic E-state index is 0.200. The van der Waals surface area contributed by atoms with E-state index in [2.05, 4.69) is 0 Å². The van der Waals surface area contributed by atoms with Gasteiger partial charge in [-0.1, -0.05) is 19.8 Å². The van der Waals surface area contributed by atoms with Crippen LogP contribution in [0.25, 0.3) is 0 Å². The largest absolute Gasteiger partial charge is 0.322 e. The van der Waals surface area contributed by atoms with Crippen LogP contribution >= 0.6 is 0 Å². The maximum absolute atomic E-state index is 11.2. The predicted octanol–water partition coefficient (Wildman–Crippen LogP) is 1.48. The number of rotatable bonds is 5. The van der Waals surface area contributed by atoms with Crippen LogP contribution in [0.4, 0.5) is 0 Å². The lowest BCUT2D eigenvalue weighted by Crippen LogP contribution is -2.29. The summed E-state index contributed by atoms with van der Waals surface area (Å²) in [7, 11) is 0. The molecule has 1 aliphatic rings. The van der Waals surface area contributed by atoms with Gasteiger partial charge >= 0.3 is 0 Å². The van der Waals surface area contributed by atoms with Crippen molar-refractivity contribution >= 4 is 5.78 Å². The van der Waals surface area contributed by atoms with Crippen LogP contribution in [-0.2, 0) is 4.79 Å². The third-order valence-corrected chi connectivity index (χ3v) is 2.35. The molecule has 1 atom stereocenters. The number of hydrogen-bond acceptors (Lipinski definition) is 2. The van der Waals surface area contributed by atoms with Crippen LogP contribution in [0.2, 0.25) is 0 Å². The molecule has 1 fully saturated rings. The number of hydrogen-bond donors (Lipinski definition) is 1.